The Hall–Kier alpha value is -0.580. The molecular weight excluding hydrogens is 262 g/mol. The third-order valence-electron chi connectivity index (χ3n) is 2.16. The maximum absolute atomic E-state index is 6.10. The largest absolute Gasteiger partial charge is 0.454 e. The van der Waals surface area contributed by atoms with Crippen LogP contribution in [0.1, 0.15) is 22.9 Å². The summed E-state index contributed by atoms with van der Waals surface area (Å²) in [4.78, 5) is 0. The Kier molecular flexibility index (Phi) is 2.76. The SMILES string of the molecule is Cc1oc(Br)cc1C(N)c1ccsc1. The van der Waals surface area contributed by atoms with Crippen molar-refractivity contribution in [2.75, 3.05) is 0 Å². The fourth-order valence-electron chi connectivity index (χ4n) is 1.40. The lowest BCUT2D eigenvalue weighted by atomic mass is 10.0. The number of thiophene rings is 1. The van der Waals surface area contributed by atoms with Crippen LogP contribution in [0, 0.1) is 6.92 Å². The summed E-state index contributed by atoms with van der Waals surface area (Å²) in [6.07, 6.45) is 0. The smallest absolute Gasteiger partial charge is 0.169 e. The number of rotatable bonds is 2. The molecule has 0 fully saturated rings. The van der Waals surface area contributed by atoms with Crippen LogP contribution < -0.4 is 5.73 Å². The van der Waals surface area contributed by atoms with Gasteiger partial charge < -0.3 is 10.2 Å². The average Bonchev–Trinajstić information content (AvgIpc) is 2.73. The van der Waals surface area contributed by atoms with Crippen molar-refractivity contribution in [2.24, 2.45) is 5.73 Å². The summed E-state index contributed by atoms with van der Waals surface area (Å²) >= 11 is 4.95. The zero-order chi connectivity index (χ0) is 10.1. The van der Waals surface area contributed by atoms with E-state index >= 15 is 0 Å². The third-order valence-corrected chi connectivity index (χ3v) is 3.26. The summed E-state index contributed by atoms with van der Waals surface area (Å²) in [5, 5.41) is 4.09. The van der Waals surface area contributed by atoms with Gasteiger partial charge in [0.25, 0.3) is 0 Å². The van der Waals surface area contributed by atoms with Gasteiger partial charge in [-0.2, -0.15) is 11.3 Å². The van der Waals surface area contributed by atoms with Crippen LogP contribution in [0.3, 0.4) is 0 Å². The second-order valence-electron chi connectivity index (χ2n) is 3.10. The summed E-state index contributed by atoms with van der Waals surface area (Å²) in [5.41, 5.74) is 8.27. The first-order valence-corrected chi connectivity index (χ1v) is 5.95. The van der Waals surface area contributed by atoms with Crippen LogP contribution in [0.5, 0.6) is 0 Å². The number of aryl methyl sites for hydroxylation is 1. The molecule has 0 saturated carbocycles. The zero-order valence-electron chi connectivity index (χ0n) is 7.66. The second-order valence-corrected chi connectivity index (χ2v) is 4.66. The van der Waals surface area contributed by atoms with Gasteiger partial charge in [0, 0.05) is 5.56 Å². The lowest BCUT2D eigenvalue weighted by molar-refractivity contribution is 0.505. The normalized spacial score (nSPS) is 13.1. The highest BCUT2D eigenvalue weighted by molar-refractivity contribution is 9.10. The predicted molar refractivity (Wildman–Crippen MR) is 61.5 cm³/mol. The molecule has 4 heteroatoms. The first-order valence-electron chi connectivity index (χ1n) is 4.22. The molecule has 1 unspecified atom stereocenters. The molecule has 0 spiro atoms. The van der Waals surface area contributed by atoms with Gasteiger partial charge in [0.05, 0.1) is 6.04 Å². The van der Waals surface area contributed by atoms with E-state index in [2.05, 4.69) is 21.3 Å². The Morgan fingerprint density at radius 1 is 1.57 bits per heavy atom. The van der Waals surface area contributed by atoms with E-state index in [1.807, 2.05) is 24.4 Å². The zero-order valence-corrected chi connectivity index (χ0v) is 10.1. The molecule has 0 radical (unpaired) electrons. The minimum Gasteiger partial charge on any atom is -0.454 e. The maximum atomic E-state index is 6.10. The van der Waals surface area contributed by atoms with Crippen LogP contribution in [0.25, 0.3) is 0 Å². The van der Waals surface area contributed by atoms with E-state index in [1.54, 1.807) is 11.3 Å². The Morgan fingerprint density at radius 3 is 2.86 bits per heavy atom. The molecular formula is C10H10BrNOS. The Morgan fingerprint density at radius 2 is 2.36 bits per heavy atom. The van der Waals surface area contributed by atoms with Gasteiger partial charge in [-0.25, -0.2) is 0 Å². The highest BCUT2D eigenvalue weighted by atomic mass is 79.9. The van der Waals surface area contributed by atoms with E-state index in [0.717, 1.165) is 21.6 Å². The summed E-state index contributed by atoms with van der Waals surface area (Å²) < 4.78 is 6.11. The van der Waals surface area contributed by atoms with Crippen molar-refractivity contribution in [1.82, 2.24) is 0 Å². The van der Waals surface area contributed by atoms with E-state index in [4.69, 9.17) is 10.2 Å². The van der Waals surface area contributed by atoms with Gasteiger partial charge >= 0.3 is 0 Å². The van der Waals surface area contributed by atoms with Crippen LogP contribution in [0.15, 0.2) is 32.0 Å². The topological polar surface area (TPSA) is 39.2 Å². The van der Waals surface area contributed by atoms with Crippen molar-refractivity contribution < 1.29 is 4.42 Å². The second kappa shape index (κ2) is 3.88. The fourth-order valence-corrected chi connectivity index (χ4v) is 2.58. The van der Waals surface area contributed by atoms with E-state index in [0.29, 0.717) is 0 Å². The predicted octanol–water partition coefficient (Wildman–Crippen LogP) is 3.46. The third kappa shape index (κ3) is 1.78. The minimum atomic E-state index is -0.0868. The average molecular weight is 272 g/mol. The molecule has 14 heavy (non-hydrogen) atoms. The first-order chi connectivity index (χ1) is 6.68. The Bertz CT molecular complexity index is 421. The van der Waals surface area contributed by atoms with Gasteiger partial charge in [0.1, 0.15) is 5.76 Å². The van der Waals surface area contributed by atoms with Crippen molar-refractivity contribution in [2.45, 2.75) is 13.0 Å². The van der Waals surface area contributed by atoms with E-state index < -0.39 is 0 Å². The molecule has 2 N–H and O–H groups in total. The number of halogens is 1. The lowest BCUT2D eigenvalue weighted by Gasteiger charge is -2.07. The standard InChI is InChI=1S/C10H10BrNOS/c1-6-8(4-9(11)13-6)10(12)7-2-3-14-5-7/h2-5,10H,12H2,1H3. The molecule has 2 nitrogen and oxygen atoms in total. The summed E-state index contributed by atoms with van der Waals surface area (Å²) in [5.74, 6) is 0.871. The highest BCUT2D eigenvalue weighted by Crippen LogP contribution is 2.28. The molecule has 0 aromatic carbocycles. The summed E-state index contributed by atoms with van der Waals surface area (Å²) in [6.45, 7) is 1.92. The maximum Gasteiger partial charge on any atom is 0.169 e. The van der Waals surface area contributed by atoms with Gasteiger partial charge in [-0.15, -0.1) is 0 Å². The lowest BCUT2D eigenvalue weighted by Crippen LogP contribution is -2.10. The quantitative estimate of drug-likeness (QED) is 0.909. The van der Waals surface area contributed by atoms with Crippen LogP contribution in [0.2, 0.25) is 0 Å². The van der Waals surface area contributed by atoms with E-state index in [1.165, 1.54) is 0 Å². The molecule has 0 amide bonds. The van der Waals surface area contributed by atoms with Crippen LogP contribution in [-0.4, -0.2) is 0 Å². The molecule has 2 rings (SSSR count). The number of nitrogens with two attached hydrogens (primary N) is 1. The molecule has 2 aromatic heterocycles. The summed E-state index contributed by atoms with van der Waals surface area (Å²) in [6, 6.07) is 3.88. The van der Waals surface area contributed by atoms with Crippen molar-refractivity contribution in [3.63, 3.8) is 0 Å². The van der Waals surface area contributed by atoms with E-state index in [-0.39, 0.29) is 6.04 Å². The molecule has 1 atom stereocenters. The Balaban J connectivity index is 2.36. The van der Waals surface area contributed by atoms with Crippen molar-refractivity contribution in [3.05, 3.63) is 44.4 Å². The van der Waals surface area contributed by atoms with Gasteiger partial charge in [-0.1, -0.05) is 0 Å². The molecule has 0 saturated heterocycles. The molecule has 0 aliphatic rings. The molecule has 2 heterocycles. The fraction of sp³-hybridized carbons (Fsp3) is 0.200. The van der Waals surface area contributed by atoms with Gasteiger partial charge in [-0.05, 0) is 51.3 Å². The minimum absolute atomic E-state index is 0.0868. The summed E-state index contributed by atoms with van der Waals surface area (Å²) in [7, 11) is 0. The van der Waals surface area contributed by atoms with Crippen molar-refractivity contribution >= 4 is 27.3 Å². The molecule has 0 aliphatic carbocycles. The van der Waals surface area contributed by atoms with Crippen LogP contribution in [-0.2, 0) is 0 Å². The monoisotopic (exact) mass is 271 g/mol. The van der Waals surface area contributed by atoms with Gasteiger partial charge in [0.15, 0.2) is 4.67 Å². The van der Waals surface area contributed by atoms with Crippen molar-refractivity contribution in [3.8, 4) is 0 Å². The highest BCUT2D eigenvalue weighted by Gasteiger charge is 2.15. The van der Waals surface area contributed by atoms with E-state index in [9.17, 15) is 0 Å². The van der Waals surface area contributed by atoms with Gasteiger partial charge in [-0.3, -0.25) is 0 Å². The van der Waals surface area contributed by atoms with Gasteiger partial charge in [0.2, 0.25) is 0 Å². The molecule has 0 aliphatic heterocycles. The van der Waals surface area contributed by atoms with Crippen LogP contribution >= 0.6 is 27.3 Å². The first kappa shape index (κ1) is 9.96. The number of hydrogen-bond acceptors (Lipinski definition) is 3. The molecule has 0 bridgehead atoms. The molecule has 2 aromatic rings. The molecule has 74 valence electrons. The van der Waals surface area contributed by atoms with Crippen LogP contribution in [0.4, 0.5) is 0 Å². The number of furan rings is 1. The number of hydrogen-bond donors (Lipinski definition) is 1. The van der Waals surface area contributed by atoms with Crippen molar-refractivity contribution in [1.29, 1.82) is 0 Å². The Labute approximate surface area is 94.9 Å².